The maximum Gasteiger partial charge on any atom is 0.311 e. The standard InChI is InChI=1S/C26H36O6/c1-26(2,3)25(28)32-16-10-15-31-24(20-30-18-22-13-8-5-9-14-22)23(27)19-29-17-21-11-6-4-7-12-21/h4-9,11-14,23-24,27H,10,15-20H2,1-3H3/t23-,24+/m1/s1. The summed E-state index contributed by atoms with van der Waals surface area (Å²) in [6.07, 6.45) is -0.853. The molecule has 0 aliphatic heterocycles. The number of aliphatic hydroxyl groups excluding tert-OH is 1. The van der Waals surface area contributed by atoms with Crippen molar-refractivity contribution in [2.75, 3.05) is 26.4 Å². The van der Waals surface area contributed by atoms with Gasteiger partial charge < -0.3 is 24.1 Å². The molecule has 0 radical (unpaired) electrons. The van der Waals surface area contributed by atoms with E-state index < -0.39 is 17.6 Å². The van der Waals surface area contributed by atoms with Gasteiger partial charge in [0.25, 0.3) is 0 Å². The molecule has 1 N–H and O–H groups in total. The van der Waals surface area contributed by atoms with Gasteiger partial charge in [0.2, 0.25) is 0 Å². The van der Waals surface area contributed by atoms with Crippen molar-refractivity contribution in [3.8, 4) is 0 Å². The summed E-state index contributed by atoms with van der Waals surface area (Å²) in [4.78, 5) is 11.8. The molecule has 2 aromatic rings. The zero-order chi connectivity index (χ0) is 23.2. The molecule has 0 unspecified atom stereocenters. The van der Waals surface area contributed by atoms with E-state index in [1.165, 1.54) is 0 Å². The minimum atomic E-state index is -0.841. The Bertz CT molecular complexity index is 757. The fraction of sp³-hybridized carbons (Fsp3) is 0.500. The van der Waals surface area contributed by atoms with E-state index in [9.17, 15) is 9.90 Å². The first-order chi connectivity index (χ1) is 15.4. The van der Waals surface area contributed by atoms with Crippen LogP contribution < -0.4 is 0 Å². The Morgan fingerprint density at radius 3 is 1.91 bits per heavy atom. The molecular formula is C26H36O6. The number of hydrogen-bond acceptors (Lipinski definition) is 6. The molecule has 0 saturated heterocycles. The van der Waals surface area contributed by atoms with E-state index in [-0.39, 0.29) is 25.8 Å². The highest BCUT2D eigenvalue weighted by molar-refractivity contribution is 5.75. The van der Waals surface area contributed by atoms with Crippen molar-refractivity contribution in [2.45, 2.75) is 52.6 Å². The van der Waals surface area contributed by atoms with E-state index in [4.69, 9.17) is 18.9 Å². The minimum absolute atomic E-state index is 0.132. The lowest BCUT2D eigenvalue weighted by Gasteiger charge is -2.24. The molecule has 0 aromatic heterocycles. The van der Waals surface area contributed by atoms with Crippen LogP contribution in [-0.4, -0.2) is 49.7 Å². The first kappa shape index (κ1) is 26.0. The van der Waals surface area contributed by atoms with Gasteiger partial charge >= 0.3 is 5.97 Å². The second kappa shape index (κ2) is 14.0. The third-order valence-corrected chi connectivity index (χ3v) is 4.69. The van der Waals surface area contributed by atoms with Crippen LogP contribution in [0.1, 0.15) is 38.3 Å². The van der Waals surface area contributed by atoms with Gasteiger partial charge in [0.15, 0.2) is 0 Å². The van der Waals surface area contributed by atoms with Gasteiger partial charge in [-0.05, 0) is 31.9 Å². The third-order valence-electron chi connectivity index (χ3n) is 4.69. The van der Waals surface area contributed by atoms with E-state index in [1.54, 1.807) is 0 Å². The van der Waals surface area contributed by atoms with Gasteiger partial charge in [0, 0.05) is 6.42 Å². The highest BCUT2D eigenvalue weighted by atomic mass is 16.6. The van der Waals surface area contributed by atoms with Crippen LogP contribution in [0.4, 0.5) is 0 Å². The van der Waals surface area contributed by atoms with Crippen LogP contribution in [0.15, 0.2) is 60.7 Å². The van der Waals surface area contributed by atoms with Gasteiger partial charge in [0.1, 0.15) is 12.2 Å². The quantitative estimate of drug-likeness (QED) is 0.349. The molecule has 0 spiro atoms. The molecule has 0 saturated carbocycles. The second-order valence-corrected chi connectivity index (χ2v) is 8.72. The Hall–Kier alpha value is -2.25. The summed E-state index contributed by atoms with van der Waals surface area (Å²) in [6, 6.07) is 19.6. The molecule has 6 nitrogen and oxygen atoms in total. The molecule has 0 heterocycles. The largest absolute Gasteiger partial charge is 0.465 e. The van der Waals surface area contributed by atoms with Crippen molar-refractivity contribution >= 4 is 5.97 Å². The highest BCUT2D eigenvalue weighted by Crippen LogP contribution is 2.15. The van der Waals surface area contributed by atoms with Crippen LogP contribution in [0.3, 0.4) is 0 Å². The molecule has 0 aliphatic carbocycles. The van der Waals surface area contributed by atoms with Gasteiger partial charge in [-0.25, -0.2) is 0 Å². The van der Waals surface area contributed by atoms with Crippen LogP contribution in [0.5, 0.6) is 0 Å². The Morgan fingerprint density at radius 1 is 0.844 bits per heavy atom. The zero-order valence-electron chi connectivity index (χ0n) is 19.4. The number of rotatable bonds is 14. The van der Waals surface area contributed by atoms with Gasteiger partial charge in [-0.1, -0.05) is 60.7 Å². The Balaban J connectivity index is 1.77. The molecule has 2 rings (SSSR count). The van der Waals surface area contributed by atoms with Crippen molar-refractivity contribution in [3.05, 3.63) is 71.8 Å². The monoisotopic (exact) mass is 444 g/mol. The van der Waals surface area contributed by atoms with Crippen LogP contribution in [0, 0.1) is 5.41 Å². The first-order valence-corrected chi connectivity index (χ1v) is 11.1. The third kappa shape index (κ3) is 10.4. The van der Waals surface area contributed by atoms with Crippen molar-refractivity contribution < 1.29 is 28.8 Å². The Kier molecular flexibility index (Phi) is 11.4. The van der Waals surface area contributed by atoms with Crippen LogP contribution in [0.2, 0.25) is 0 Å². The number of aliphatic hydroxyl groups is 1. The number of carbonyl (C=O) groups excluding carboxylic acids is 1. The number of benzene rings is 2. The summed E-state index contributed by atoms with van der Waals surface area (Å²) in [5, 5.41) is 10.6. The van der Waals surface area contributed by atoms with E-state index in [0.717, 1.165) is 11.1 Å². The summed E-state index contributed by atoms with van der Waals surface area (Å²) < 4.78 is 22.6. The normalized spacial score (nSPS) is 13.5. The van der Waals surface area contributed by atoms with Gasteiger partial charge in [-0.15, -0.1) is 0 Å². The maximum atomic E-state index is 11.8. The molecule has 2 aromatic carbocycles. The van der Waals surface area contributed by atoms with Crippen molar-refractivity contribution in [2.24, 2.45) is 5.41 Å². The average molecular weight is 445 g/mol. The fourth-order valence-corrected chi connectivity index (χ4v) is 2.79. The number of carbonyl (C=O) groups is 1. The van der Waals surface area contributed by atoms with E-state index in [2.05, 4.69) is 0 Å². The fourth-order valence-electron chi connectivity index (χ4n) is 2.79. The lowest BCUT2D eigenvalue weighted by Crippen LogP contribution is -2.37. The predicted octanol–water partition coefficient (Wildman–Crippen LogP) is 4.15. The predicted molar refractivity (Wildman–Crippen MR) is 123 cm³/mol. The molecule has 0 fully saturated rings. The first-order valence-electron chi connectivity index (χ1n) is 11.1. The van der Waals surface area contributed by atoms with E-state index >= 15 is 0 Å². The van der Waals surface area contributed by atoms with Crippen LogP contribution >= 0.6 is 0 Å². The summed E-state index contributed by atoms with van der Waals surface area (Å²) >= 11 is 0. The van der Waals surface area contributed by atoms with Crippen molar-refractivity contribution in [1.82, 2.24) is 0 Å². The molecule has 0 aliphatic rings. The van der Waals surface area contributed by atoms with Gasteiger partial charge in [0.05, 0.1) is 45.1 Å². The van der Waals surface area contributed by atoms with Crippen LogP contribution in [0.25, 0.3) is 0 Å². The Labute approximate surface area is 191 Å². The molecule has 0 amide bonds. The summed E-state index contributed by atoms with van der Waals surface area (Å²) in [7, 11) is 0. The molecule has 0 bridgehead atoms. The van der Waals surface area contributed by atoms with Crippen molar-refractivity contribution in [3.63, 3.8) is 0 Å². The molecule has 32 heavy (non-hydrogen) atoms. The average Bonchev–Trinajstić information content (AvgIpc) is 2.78. The molecular weight excluding hydrogens is 408 g/mol. The summed E-state index contributed by atoms with van der Waals surface area (Å²) in [5.41, 5.74) is 1.56. The Morgan fingerprint density at radius 2 is 1.38 bits per heavy atom. The summed E-state index contributed by atoms with van der Waals surface area (Å²) in [5.74, 6) is -0.241. The lowest BCUT2D eigenvalue weighted by molar-refractivity contribution is -0.154. The maximum absolute atomic E-state index is 11.8. The minimum Gasteiger partial charge on any atom is -0.465 e. The topological polar surface area (TPSA) is 74.2 Å². The molecule has 176 valence electrons. The number of esters is 1. The van der Waals surface area contributed by atoms with Crippen molar-refractivity contribution in [1.29, 1.82) is 0 Å². The van der Waals surface area contributed by atoms with Crippen LogP contribution in [-0.2, 0) is 37.0 Å². The van der Waals surface area contributed by atoms with E-state index in [1.807, 2.05) is 81.4 Å². The SMILES string of the molecule is CC(C)(C)C(=O)OCCCO[C@@H](COCc1ccccc1)[C@H](O)COCc1ccccc1. The molecule has 6 heteroatoms. The highest BCUT2D eigenvalue weighted by Gasteiger charge is 2.23. The lowest BCUT2D eigenvalue weighted by atomic mass is 9.97. The van der Waals surface area contributed by atoms with E-state index in [0.29, 0.717) is 26.2 Å². The second-order valence-electron chi connectivity index (χ2n) is 8.72. The summed E-state index contributed by atoms with van der Waals surface area (Å²) in [6.45, 7) is 7.27. The number of hydrogen-bond donors (Lipinski definition) is 1. The number of ether oxygens (including phenoxy) is 4. The smallest absolute Gasteiger partial charge is 0.311 e. The zero-order valence-corrected chi connectivity index (χ0v) is 19.4. The van der Waals surface area contributed by atoms with Gasteiger partial charge in [-0.3, -0.25) is 4.79 Å². The van der Waals surface area contributed by atoms with Gasteiger partial charge in [-0.2, -0.15) is 0 Å². The molecule has 2 atom stereocenters.